The second-order valence-corrected chi connectivity index (χ2v) is 7.68. The summed E-state index contributed by atoms with van der Waals surface area (Å²) in [5.41, 5.74) is 4.90. The maximum absolute atomic E-state index is 5.57. The zero-order valence-corrected chi connectivity index (χ0v) is 17.3. The van der Waals surface area contributed by atoms with Crippen molar-refractivity contribution in [1.29, 1.82) is 0 Å². The van der Waals surface area contributed by atoms with Crippen molar-refractivity contribution in [2.75, 3.05) is 32.1 Å². The predicted molar refractivity (Wildman–Crippen MR) is 116 cm³/mol. The minimum Gasteiger partial charge on any atom is -0.497 e. The lowest BCUT2D eigenvalue weighted by Crippen LogP contribution is -3.11. The molecule has 27 heavy (non-hydrogen) atoms. The summed E-state index contributed by atoms with van der Waals surface area (Å²) in [6.07, 6.45) is 2.60. The van der Waals surface area contributed by atoms with E-state index in [-0.39, 0.29) is 0 Å². The Morgan fingerprint density at radius 2 is 1.81 bits per heavy atom. The van der Waals surface area contributed by atoms with Gasteiger partial charge in [-0.3, -0.25) is 0 Å². The number of thiocarbonyl (C=S) groups is 1. The van der Waals surface area contributed by atoms with E-state index in [0.717, 1.165) is 18.0 Å². The van der Waals surface area contributed by atoms with Crippen LogP contribution in [-0.2, 0) is 0 Å². The van der Waals surface area contributed by atoms with Gasteiger partial charge < -0.3 is 20.3 Å². The molecule has 1 heterocycles. The number of quaternary nitrogens is 1. The van der Waals surface area contributed by atoms with E-state index in [2.05, 4.69) is 54.8 Å². The molecule has 0 aliphatic carbocycles. The van der Waals surface area contributed by atoms with E-state index in [1.807, 2.05) is 12.1 Å². The van der Waals surface area contributed by atoms with Gasteiger partial charge in [0.25, 0.3) is 0 Å². The van der Waals surface area contributed by atoms with E-state index in [1.165, 1.54) is 42.6 Å². The van der Waals surface area contributed by atoms with Gasteiger partial charge >= 0.3 is 0 Å². The molecular formula is C22H30N3OS+. The van der Waals surface area contributed by atoms with E-state index in [0.29, 0.717) is 11.2 Å². The third kappa shape index (κ3) is 4.99. The van der Waals surface area contributed by atoms with Crippen molar-refractivity contribution < 1.29 is 9.64 Å². The van der Waals surface area contributed by atoms with Gasteiger partial charge in [0.15, 0.2) is 5.11 Å². The highest BCUT2D eigenvalue weighted by Crippen LogP contribution is 2.19. The lowest BCUT2D eigenvalue weighted by atomic mass is 10.1. The fraction of sp³-hybridized carbons (Fsp3) is 0.409. The Morgan fingerprint density at radius 1 is 1.11 bits per heavy atom. The van der Waals surface area contributed by atoms with Crippen LogP contribution in [-0.4, -0.2) is 31.9 Å². The Morgan fingerprint density at radius 3 is 2.48 bits per heavy atom. The van der Waals surface area contributed by atoms with Gasteiger partial charge in [0, 0.05) is 24.1 Å². The molecule has 1 aliphatic rings. The molecule has 4 nitrogen and oxygen atoms in total. The number of anilines is 1. The molecule has 0 unspecified atom stereocenters. The molecule has 3 rings (SSSR count). The van der Waals surface area contributed by atoms with Gasteiger partial charge in [0.2, 0.25) is 0 Å². The number of aryl methyl sites for hydroxylation is 1. The molecule has 3 N–H and O–H groups in total. The summed E-state index contributed by atoms with van der Waals surface area (Å²) in [6, 6.07) is 15.1. The highest BCUT2D eigenvalue weighted by Gasteiger charge is 2.27. The number of methoxy groups -OCH3 is 1. The Balaban J connectivity index is 1.66. The van der Waals surface area contributed by atoms with Crippen LogP contribution in [0.25, 0.3) is 0 Å². The third-order valence-corrected chi connectivity index (χ3v) is 5.82. The third-order valence-electron chi connectivity index (χ3n) is 5.58. The fourth-order valence-electron chi connectivity index (χ4n) is 3.76. The molecule has 0 bridgehead atoms. The first-order chi connectivity index (χ1) is 13.1. The van der Waals surface area contributed by atoms with Crippen molar-refractivity contribution in [2.45, 2.75) is 32.7 Å². The van der Waals surface area contributed by atoms with Crippen LogP contribution in [0.15, 0.2) is 42.5 Å². The predicted octanol–water partition coefficient (Wildman–Crippen LogP) is 3.02. The number of likely N-dealkylation sites (tertiary alicyclic amines) is 1. The van der Waals surface area contributed by atoms with Crippen LogP contribution in [0.4, 0.5) is 5.69 Å². The zero-order chi connectivity index (χ0) is 19.2. The summed E-state index contributed by atoms with van der Waals surface area (Å²) in [7, 11) is 1.71. The molecule has 2 aromatic rings. The average molecular weight is 385 g/mol. The lowest BCUT2D eigenvalue weighted by Gasteiger charge is -2.26. The van der Waals surface area contributed by atoms with Gasteiger partial charge in [-0.05, 0) is 67.5 Å². The lowest BCUT2D eigenvalue weighted by molar-refractivity contribution is -0.918. The first-order valence-corrected chi connectivity index (χ1v) is 10.1. The monoisotopic (exact) mass is 384 g/mol. The Bertz CT molecular complexity index is 770. The summed E-state index contributed by atoms with van der Waals surface area (Å²) < 4.78 is 5.31. The first-order valence-electron chi connectivity index (χ1n) is 9.68. The van der Waals surface area contributed by atoms with Gasteiger partial charge in [-0.25, -0.2) is 0 Å². The summed E-state index contributed by atoms with van der Waals surface area (Å²) in [6.45, 7) is 7.49. The van der Waals surface area contributed by atoms with Crippen LogP contribution in [0.2, 0.25) is 0 Å². The second kappa shape index (κ2) is 9.20. The number of nitrogens with one attached hydrogen (secondary N) is 3. The summed E-state index contributed by atoms with van der Waals surface area (Å²) in [5, 5.41) is 7.49. The van der Waals surface area contributed by atoms with E-state index >= 15 is 0 Å². The molecule has 0 amide bonds. The summed E-state index contributed by atoms with van der Waals surface area (Å²) in [5.74, 6) is 0.897. The molecule has 2 aromatic carbocycles. The van der Waals surface area contributed by atoms with Crippen LogP contribution in [0, 0.1) is 13.8 Å². The van der Waals surface area contributed by atoms with Crippen LogP contribution in [0.1, 0.15) is 35.6 Å². The number of hydrogen-bond acceptors (Lipinski definition) is 2. The van der Waals surface area contributed by atoms with E-state index in [4.69, 9.17) is 17.0 Å². The van der Waals surface area contributed by atoms with Gasteiger partial charge in [0.05, 0.1) is 26.7 Å². The summed E-state index contributed by atoms with van der Waals surface area (Å²) in [4.78, 5) is 1.63. The highest BCUT2D eigenvalue weighted by atomic mass is 32.1. The molecule has 0 radical (unpaired) electrons. The van der Waals surface area contributed by atoms with Crippen LogP contribution in [0.5, 0.6) is 5.75 Å². The van der Waals surface area contributed by atoms with Crippen molar-refractivity contribution in [3.63, 3.8) is 0 Å². The number of ether oxygens (including phenoxy) is 1. The molecule has 1 aliphatic heterocycles. The van der Waals surface area contributed by atoms with Crippen LogP contribution < -0.4 is 20.3 Å². The maximum Gasteiger partial charge on any atom is 0.171 e. The smallest absolute Gasteiger partial charge is 0.171 e. The molecule has 1 atom stereocenters. The Labute approximate surface area is 167 Å². The standard InChI is InChI=1S/C22H29N3OS/c1-16-7-6-8-20(17(16)2)24-22(27)23-15-21(25-13-4-5-14-25)18-9-11-19(26-3)12-10-18/h6-12,21H,4-5,13-15H2,1-3H3,(H2,23,24,27)/p+1/t21-/m0/s1. The van der Waals surface area contributed by atoms with E-state index in [9.17, 15) is 0 Å². The van der Waals surface area contributed by atoms with Crippen molar-refractivity contribution in [3.05, 3.63) is 59.2 Å². The maximum atomic E-state index is 5.57. The SMILES string of the molecule is COc1ccc([C@H](CNC(=S)Nc2cccc(C)c2C)[NH+]2CCCC2)cc1. The minimum atomic E-state index is 0.386. The van der Waals surface area contributed by atoms with E-state index < -0.39 is 0 Å². The van der Waals surface area contributed by atoms with Crippen molar-refractivity contribution in [2.24, 2.45) is 0 Å². The minimum absolute atomic E-state index is 0.386. The molecule has 144 valence electrons. The van der Waals surface area contributed by atoms with Crippen LogP contribution in [0.3, 0.4) is 0 Å². The molecule has 0 aromatic heterocycles. The molecule has 0 saturated carbocycles. The van der Waals surface area contributed by atoms with Gasteiger partial charge in [0.1, 0.15) is 11.8 Å². The summed E-state index contributed by atoms with van der Waals surface area (Å²) >= 11 is 5.57. The number of rotatable bonds is 6. The molecular weight excluding hydrogens is 354 g/mol. The quantitative estimate of drug-likeness (QED) is 0.670. The normalized spacial score (nSPS) is 15.4. The van der Waals surface area contributed by atoms with Crippen molar-refractivity contribution >= 4 is 23.0 Å². The van der Waals surface area contributed by atoms with E-state index in [1.54, 1.807) is 12.0 Å². The zero-order valence-electron chi connectivity index (χ0n) is 16.5. The van der Waals surface area contributed by atoms with Gasteiger partial charge in [-0.15, -0.1) is 0 Å². The topological polar surface area (TPSA) is 37.7 Å². The molecule has 1 fully saturated rings. The number of benzene rings is 2. The van der Waals surface area contributed by atoms with Crippen molar-refractivity contribution in [1.82, 2.24) is 5.32 Å². The van der Waals surface area contributed by atoms with Crippen molar-refractivity contribution in [3.8, 4) is 5.75 Å². The Kier molecular flexibility index (Phi) is 6.69. The van der Waals surface area contributed by atoms with Gasteiger partial charge in [-0.2, -0.15) is 0 Å². The average Bonchev–Trinajstić information content (AvgIpc) is 3.20. The second-order valence-electron chi connectivity index (χ2n) is 7.27. The Hall–Kier alpha value is -2.11. The largest absolute Gasteiger partial charge is 0.497 e. The molecule has 5 heteroatoms. The molecule has 0 spiro atoms. The van der Waals surface area contributed by atoms with Crippen LogP contribution >= 0.6 is 12.2 Å². The molecule has 1 saturated heterocycles. The highest BCUT2D eigenvalue weighted by molar-refractivity contribution is 7.80. The number of hydrogen-bond donors (Lipinski definition) is 3. The first kappa shape index (κ1) is 19.6. The van der Waals surface area contributed by atoms with Gasteiger partial charge in [-0.1, -0.05) is 12.1 Å². The fourth-order valence-corrected chi connectivity index (χ4v) is 3.95.